The predicted molar refractivity (Wildman–Crippen MR) is 64.2 cm³/mol. The van der Waals surface area contributed by atoms with Gasteiger partial charge in [-0.15, -0.1) is 0 Å². The van der Waals surface area contributed by atoms with Crippen molar-refractivity contribution in [1.29, 1.82) is 0 Å². The highest BCUT2D eigenvalue weighted by Gasteiger charge is 2.17. The van der Waals surface area contributed by atoms with E-state index in [2.05, 4.69) is 10.3 Å². The molecule has 1 N–H and O–H groups in total. The standard InChI is InChI=1S/C12H17N3O2/c1-17-11-7-10(8-14-9-11)12(16)15-5-2-3-13-4-6-15/h7-9,13H,2-6H2,1H3. The van der Waals surface area contributed by atoms with E-state index in [0.29, 0.717) is 11.3 Å². The summed E-state index contributed by atoms with van der Waals surface area (Å²) >= 11 is 0. The van der Waals surface area contributed by atoms with E-state index in [-0.39, 0.29) is 5.91 Å². The quantitative estimate of drug-likeness (QED) is 0.812. The van der Waals surface area contributed by atoms with Crippen LogP contribution in [0.2, 0.25) is 0 Å². The van der Waals surface area contributed by atoms with Crippen molar-refractivity contribution in [2.45, 2.75) is 6.42 Å². The third kappa shape index (κ3) is 2.94. The van der Waals surface area contributed by atoms with Gasteiger partial charge in [-0.05, 0) is 19.0 Å². The van der Waals surface area contributed by atoms with Crippen LogP contribution in [0.5, 0.6) is 5.75 Å². The van der Waals surface area contributed by atoms with Crippen LogP contribution in [-0.4, -0.2) is 49.1 Å². The Balaban J connectivity index is 2.11. The van der Waals surface area contributed by atoms with Crippen molar-refractivity contribution in [3.8, 4) is 5.75 Å². The van der Waals surface area contributed by atoms with Gasteiger partial charge in [0.05, 0.1) is 18.9 Å². The average Bonchev–Trinajstić information content (AvgIpc) is 2.67. The zero-order valence-corrected chi connectivity index (χ0v) is 9.98. The van der Waals surface area contributed by atoms with Crippen molar-refractivity contribution in [3.05, 3.63) is 24.0 Å². The Hall–Kier alpha value is -1.62. The molecular weight excluding hydrogens is 218 g/mol. The number of pyridine rings is 1. The van der Waals surface area contributed by atoms with Gasteiger partial charge >= 0.3 is 0 Å². The number of nitrogens with one attached hydrogen (secondary N) is 1. The molecule has 1 aliphatic heterocycles. The van der Waals surface area contributed by atoms with Crippen LogP contribution in [0, 0.1) is 0 Å². The first-order valence-electron chi connectivity index (χ1n) is 5.80. The molecule has 1 aromatic heterocycles. The van der Waals surface area contributed by atoms with Crippen LogP contribution in [-0.2, 0) is 0 Å². The Kier molecular flexibility index (Phi) is 3.93. The summed E-state index contributed by atoms with van der Waals surface area (Å²) in [5.74, 6) is 0.642. The number of hydrogen-bond acceptors (Lipinski definition) is 4. The second-order valence-electron chi connectivity index (χ2n) is 4.01. The normalized spacial score (nSPS) is 16.4. The number of nitrogens with zero attached hydrogens (tertiary/aromatic N) is 2. The number of ether oxygens (including phenoxy) is 1. The molecule has 2 rings (SSSR count). The van der Waals surface area contributed by atoms with Crippen LogP contribution in [0.15, 0.2) is 18.5 Å². The average molecular weight is 235 g/mol. The Morgan fingerprint density at radius 1 is 1.41 bits per heavy atom. The number of hydrogen-bond donors (Lipinski definition) is 1. The number of carbonyl (C=O) groups excluding carboxylic acids is 1. The van der Waals surface area contributed by atoms with Gasteiger partial charge in [-0.2, -0.15) is 0 Å². The smallest absolute Gasteiger partial charge is 0.255 e. The Labute approximate surface area is 101 Å². The largest absolute Gasteiger partial charge is 0.495 e. The number of carbonyl (C=O) groups is 1. The summed E-state index contributed by atoms with van der Waals surface area (Å²) in [6, 6.07) is 1.73. The van der Waals surface area contributed by atoms with Crippen LogP contribution in [0.4, 0.5) is 0 Å². The third-order valence-electron chi connectivity index (χ3n) is 2.82. The Bertz CT molecular complexity index is 387. The van der Waals surface area contributed by atoms with Crippen LogP contribution in [0.25, 0.3) is 0 Å². The van der Waals surface area contributed by atoms with Gasteiger partial charge in [0.15, 0.2) is 0 Å². The second-order valence-corrected chi connectivity index (χ2v) is 4.01. The monoisotopic (exact) mass is 235 g/mol. The lowest BCUT2D eigenvalue weighted by Gasteiger charge is -2.19. The predicted octanol–water partition coefficient (Wildman–Crippen LogP) is 0.526. The summed E-state index contributed by atoms with van der Waals surface area (Å²) in [7, 11) is 1.57. The highest BCUT2D eigenvalue weighted by molar-refractivity contribution is 5.94. The van der Waals surface area contributed by atoms with E-state index in [1.54, 1.807) is 25.6 Å². The molecule has 1 amide bonds. The fourth-order valence-corrected chi connectivity index (χ4v) is 1.88. The van der Waals surface area contributed by atoms with Crippen LogP contribution >= 0.6 is 0 Å². The maximum atomic E-state index is 12.2. The van der Waals surface area contributed by atoms with Gasteiger partial charge in [-0.1, -0.05) is 0 Å². The van der Waals surface area contributed by atoms with E-state index in [1.165, 1.54) is 0 Å². The van der Waals surface area contributed by atoms with Crippen molar-refractivity contribution >= 4 is 5.91 Å². The molecule has 0 aliphatic carbocycles. The van der Waals surface area contributed by atoms with Crippen molar-refractivity contribution in [2.75, 3.05) is 33.3 Å². The summed E-state index contributed by atoms with van der Waals surface area (Å²) in [4.78, 5) is 18.1. The van der Waals surface area contributed by atoms with Gasteiger partial charge in [-0.25, -0.2) is 0 Å². The third-order valence-corrected chi connectivity index (χ3v) is 2.82. The van der Waals surface area contributed by atoms with E-state index in [4.69, 9.17) is 4.74 Å². The first-order valence-corrected chi connectivity index (χ1v) is 5.80. The lowest BCUT2D eigenvalue weighted by Crippen LogP contribution is -2.34. The van der Waals surface area contributed by atoms with E-state index in [0.717, 1.165) is 32.6 Å². The number of aromatic nitrogens is 1. The van der Waals surface area contributed by atoms with Crippen molar-refractivity contribution in [2.24, 2.45) is 0 Å². The van der Waals surface area contributed by atoms with Gasteiger partial charge < -0.3 is 15.0 Å². The lowest BCUT2D eigenvalue weighted by molar-refractivity contribution is 0.0765. The molecule has 0 aromatic carbocycles. The fraction of sp³-hybridized carbons (Fsp3) is 0.500. The molecular formula is C12H17N3O2. The van der Waals surface area contributed by atoms with Gasteiger partial charge in [-0.3, -0.25) is 9.78 Å². The number of rotatable bonds is 2. The minimum Gasteiger partial charge on any atom is -0.495 e. The molecule has 0 atom stereocenters. The summed E-state index contributed by atoms with van der Waals surface area (Å²) < 4.78 is 5.07. The number of methoxy groups -OCH3 is 1. The summed E-state index contributed by atoms with van der Waals surface area (Å²) in [5.41, 5.74) is 0.589. The minimum absolute atomic E-state index is 0.0279. The molecule has 2 heterocycles. The topological polar surface area (TPSA) is 54.5 Å². The highest BCUT2D eigenvalue weighted by atomic mass is 16.5. The summed E-state index contributed by atoms with van der Waals surface area (Å²) in [5, 5.41) is 3.27. The second kappa shape index (κ2) is 5.63. The van der Waals surface area contributed by atoms with Crippen molar-refractivity contribution in [3.63, 3.8) is 0 Å². The Morgan fingerprint density at radius 3 is 3.12 bits per heavy atom. The van der Waals surface area contributed by atoms with Crippen molar-refractivity contribution in [1.82, 2.24) is 15.2 Å². The van der Waals surface area contributed by atoms with Crippen LogP contribution in [0.3, 0.4) is 0 Å². The van der Waals surface area contributed by atoms with Crippen LogP contribution < -0.4 is 10.1 Å². The molecule has 0 unspecified atom stereocenters. The van der Waals surface area contributed by atoms with Gasteiger partial charge in [0, 0.05) is 25.8 Å². The maximum absolute atomic E-state index is 12.2. The van der Waals surface area contributed by atoms with Crippen LogP contribution in [0.1, 0.15) is 16.8 Å². The van der Waals surface area contributed by atoms with Gasteiger partial charge in [0.25, 0.3) is 5.91 Å². The van der Waals surface area contributed by atoms with E-state index >= 15 is 0 Å². The molecule has 0 bridgehead atoms. The molecule has 1 aliphatic rings. The molecule has 0 spiro atoms. The Morgan fingerprint density at radius 2 is 2.29 bits per heavy atom. The summed E-state index contributed by atoms with van der Waals surface area (Å²) in [6.45, 7) is 3.36. The van der Waals surface area contributed by atoms with Crippen molar-refractivity contribution < 1.29 is 9.53 Å². The van der Waals surface area contributed by atoms with E-state index in [9.17, 15) is 4.79 Å². The van der Waals surface area contributed by atoms with E-state index < -0.39 is 0 Å². The maximum Gasteiger partial charge on any atom is 0.255 e. The first kappa shape index (κ1) is 11.9. The van der Waals surface area contributed by atoms with Gasteiger partial charge in [0.1, 0.15) is 5.75 Å². The van der Waals surface area contributed by atoms with Gasteiger partial charge in [0.2, 0.25) is 0 Å². The molecule has 0 saturated carbocycles. The first-order chi connectivity index (χ1) is 8.31. The molecule has 1 fully saturated rings. The zero-order valence-electron chi connectivity index (χ0n) is 9.98. The zero-order chi connectivity index (χ0) is 12.1. The molecule has 92 valence electrons. The number of amides is 1. The fourth-order valence-electron chi connectivity index (χ4n) is 1.88. The summed E-state index contributed by atoms with van der Waals surface area (Å²) in [6.07, 6.45) is 4.17. The molecule has 5 heteroatoms. The van der Waals surface area contributed by atoms with E-state index in [1.807, 2.05) is 4.90 Å². The molecule has 1 saturated heterocycles. The SMILES string of the molecule is COc1cncc(C(=O)N2CCCNCC2)c1. The molecule has 1 aromatic rings. The highest BCUT2D eigenvalue weighted by Crippen LogP contribution is 2.12. The molecule has 0 radical (unpaired) electrons. The molecule has 17 heavy (non-hydrogen) atoms. The minimum atomic E-state index is 0.0279. The lowest BCUT2D eigenvalue weighted by atomic mass is 10.2. The molecule has 5 nitrogen and oxygen atoms in total.